The third-order valence-electron chi connectivity index (χ3n) is 4.74. The molecule has 1 aliphatic rings. The van der Waals surface area contributed by atoms with E-state index in [1.54, 1.807) is 0 Å². The number of hydrogen-bond donors (Lipinski definition) is 2. The van der Waals surface area contributed by atoms with Crippen molar-refractivity contribution in [3.63, 3.8) is 0 Å². The molecule has 0 aromatic heterocycles. The van der Waals surface area contributed by atoms with Crippen LogP contribution >= 0.6 is 0 Å². The summed E-state index contributed by atoms with van der Waals surface area (Å²) < 4.78 is 0. The van der Waals surface area contributed by atoms with Gasteiger partial charge in [0.05, 0.1) is 12.6 Å². The lowest BCUT2D eigenvalue weighted by atomic mass is 10.00. The number of rotatable bonds is 6. The molecule has 0 aliphatic heterocycles. The average Bonchev–Trinajstić information content (AvgIpc) is 3.11. The first-order valence-corrected chi connectivity index (χ1v) is 8.79. The number of anilines is 1. The van der Waals surface area contributed by atoms with E-state index in [1.807, 2.05) is 36.4 Å². The fourth-order valence-electron chi connectivity index (χ4n) is 3.39. The van der Waals surface area contributed by atoms with Gasteiger partial charge in [-0.05, 0) is 49.3 Å². The van der Waals surface area contributed by atoms with Crippen molar-refractivity contribution in [3.05, 3.63) is 65.7 Å². The zero-order chi connectivity index (χ0) is 17.5. The van der Waals surface area contributed by atoms with Crippen molar-refractivity contribution in [2.24, 2.45) is 0 Å². The Morgan fingerprint density at radius 2 is 1.72 bits per heavy atom. The SMILES string of the molecule is N#CC1(NC(=O)CNc2ccccc2Cc2ccccc2)CCCC1. The molecule has 25 heavy (non-hydrogen) atoms. The second-order valence-electron chi connectivity index (χ2n) is 6.62. The zero-order valence-electron chi connectivity index (χ0n) is 14.3. The summed E-state index contributed by atoms with van der Waals surface area (Å²) in [5.41, 5.74) is 2.68. The highest BCUT2D eigenvalue weighted by molar-refractivity contribution is 5.82. The van der Waals surface area contributed by atoms with E-state index in [4.69, 9.17) is 0 Å². The Balaban J connectivity index is 1.61. The Morgan fingerprint density at radius 1 is 1.04 bits per heavy atom. The van der Waals surface area contributed by atoms with Gasteiger partial charge in [0.15, 0.2) is 0 Å². The van der Waals surface area contributed by atoms with Gasteiger partial charge in [-0.2, -0.15) is 5.26 Å². The van der Waals surface area contributed by atoms with Crippen LogP contribution in [-0.4, -0.2) is 18.0 Å². The predicted molar refractivity (Wildman–Crippen MR) is 99.1 cm³/mol. The number of nitriles is 1. The van der Waals surface area contributed by atoms with Crippen LogP contribution in [0.25, 0.3) is 0 Å². The van der Waals surface area contributed by atoms with Crippen molar-refractivity contribution in [3.8, 4) is 6.07 Å². The van der Waals surface area contributed by atoms with Gasteiger partial charge in [0, 0.05) is 5.69 Å². The lowest BCUT2D eigenvalue weighted by molar-refractivity contribution is -0.120. The monoisotopic (exact) mass is 333 g/mol. The summed E-state index contributed by atoms with van der Waals surface area (Å²) in [5.74, 6) is -0.127. The zero-order valence-corrected chi connectivity index (χ0v) is 14.3. The summed E-state index contributed by atoms with van der Waals surface area (Å²) in [6.07, 6.45) is 4.32. The molecule has 2 aromatic carbocycles. The smallest absolute Gasteiger partial charge is 0.240 e. The molecule has 4 nitrogen and oxygen atoms in total. The van der Waals surface area contributed by atoms with Crippen LogP contribution in [0.15, 0.2) is 54.6 Å². The fraction of sp³-hybridized carbons (Fsp3) is 0.333. The number of carbonyl (C=O) groups is 1. The summed E-state index contributed by atoms with van der Waals surface area (Å²) >= 11 is 0. The van der Waals surface area contributed by atoms with Gasteiger partial charge >= 0.3 is 0 Å². The first-order chi connectivity index (χ1) is 12.2. The molecule has 0 heterocycles. The van der Waals surface area contributed by atoms with Crippen molar-refractivity contribution in [2.75, 3.05) is 11.9 Å². The third kappa shape index (κ3) is 4.39. The number of hydrogen-bond acceptors (Lipinski definition) is 3. The Kier molecular flexibility index (Phi) is 5.35. The van der Waals surface area contributed by atoms with Crippen molar-refractivity contribution in [2.45, 2.75) is 37.6 Å². The summed E-state index contributed by atoms with van der Waals surface area (Å²) in [4.78, 5) is 12.3. The fourth-order valence-corrected chi connectivity index (χ4v) is 3.39. The minimum Gasteiger partial charge on any atom is -0.376 e. The number of nitrogens with zero attached hydrogens (tertiary/aromatic N) is 1. The molecule has 1 fully saturated rings. The normalized spacial score (nSPS) is 15.3. The van der Waals surface area contributed by atoms with Crippen LogP contribution < -0.4 is 10.6 Å². The number of carbonyl (C=O) groups excluding carboxylic acids is 1. The minimum atomic E-state index is -0.664. The van der Waals surface area contributed by atoms with E-state index < -0.39 is 5.54 Å². The van der Waals surface area contributed by atoms with Crippen molar-refractivity contribution >= 4 is 11.6 Å². The minimum absolute atomic E-state index is 0.127. The van der Waals surface area contributed by atoms with Crippen LogP contribution in [0.3, 0.4) is 0 Å². The number of amides is 1. The highest BCUT2D eigenvalue weighted by atomic mass is 16.2. The van der Waals surface area contributed by atoms with Crippen molar-refractivity contribution in [1.82, 2.24) is 5.32 Å². The van der Waals surface area contributed by atoms with Gasteiger partial charge in [0.1, 0.15) is 5.54 Å². The van der Waals surface area contributed by atoms with Gasteiger partial charge in [-0.1, -0.05) is 48.5 Å². The number of nitrogens with one attached hydrogen (secondary N) is 2. The molecule has 0 radical (unpaired) electrons. The van der Waals surface area contributed by atoms with E-state index in [0.29, 0.717) is 0 Å². The maximum atomic E-state index is 12.3. The Morgan fingerprint density at radius 3 is 2.44 bits per heavy atom. The molecule has 0 spiro atoms. The van der Waals surface area contributed by atoms with E-state index in [9.17, 15) is 10.1 Å². The Hall–Kier alpha value is -2.80. The van der Waals surface area contributed by atoms with Crippen LogP contribution in [-0.2, 0) is 11.2 Å². The van der Waals surface area contributed by atoms with Gasteiger partial charge in [-0.15, -0.1) is 0 Å². The van der Waals surface area contributed by atoms with Crippen LogP contribution in [0, 0.1) is 11.3 Å². The van der Waals surface area contributed by atoms with Gasteiger partial charge < -0.3 is 10.6 Å². The second kappa shape index (κ2) is 7.85. The maximum absolute atomic E-state index is 12.3. The van der Waals surface area contributed by atoms with Crippen LogP contribution in [0.1, 0.15) is 36.8 Å². The largest absolute Gasteiger partial charge is 0.376 e. The quantitative estimate of drug-likeness (QED) is 0.848. The van der Waals surface area contributed by atoms with Gasteiger partial charge in [0.25, 0.3) is 0 Å². The molecule has 0 saturated heterocycles. The summed E-state index contributed by atoms with van der Waals surface area (Å²) in [6, 6.07) is 20.6. The average molecular weight is 333 g/mol. The van der Waals surface area contributed by atoms with Crippen LogP contribution in [0.2, 0.25) is 0 Å². The van der Waals surface area contributed by atoms with Gasteiger partial charge in [-0.3, -0.25) is 4.79 Å². The van der Waals surface area contributed by atoms with Crippen molar-refractivity contribution < 1.29 is 4.79 Å². The van der Waals surface area contributed by atoms with E-state index in [-0.39, 0.29) is 12.5 Å². The Labute approximate surface area is 148 Å². The number of para-hydroxylation sites is 1. The first-order valence-electron chi connectivity index (χ1n) is 8.79. The van der Waals surface area contributed by atoms with Crippen LogP contribution in [0.5, 0.6) is 0 Å². The summed E-state index contributed by atoms with van der Waals surface area (Å²) in [6.45, 7) is 0.176. The maximum Gasteiger partial charge on any atom is 0.240 e. The molecule has 1 aliphatic carbocycles. The topological polar surface area (TPSA) is 64.9 Å². The Bertz CT molecular complexity index is 758. The standard InChI is InChI=1S/C21H23N3O/c22-16-21(12-6-7-13-21)24-20(25)15-23-19-11-5-4-10-18(19)14-17-8-2-1-3-9-17/h1-5,8-11,23H,6-7,12-15H2,(H,24,25). The second-order valence-corrected chi connectivity index (χ2v) is 6.62. The predicted octanol–water partition coefficient (Wildman–Crippen LogP) is 3.64. The molecular weight excluding hydrogens is 310 g/mol. The molecule has 0 unspecified atom stereocenters. The molecule has 1 saturated carbocycles. The summed E-state index contributed by atoms with van der Waals surface area (Å²) in [7, 11) is 0. The molecule has 0 atom stereocenters. The highest BCUT2D eigenvalue weighted by Gasteiger charge is 2.35. The highest BCUT2D eigenvalue weighted by Crippen LogP contribution is 2.28. The van der Waals surface area contributed by atoms with Crippen LogP contribution in [0.4, 0.5) is 5.69 Å². The molecule has 4 heteroatoms. The molecule has 128 valence electrons. The first kappa shape index (κ1) is 17.0. The number of benzene rings is 2. The van der Waals surface area contributed by atoms with Crippen molar-refractivity contribution in [1.29, 1.82) is 5.26 Å². The lowest BCUT2D eigenvalue weighted by Gasteiger charge is -2.22. The van der Waals surface area contributed by atoms with E-state index in [2.05, 4.69) is 34.9 Å². The van der Waals surface area contributed by atoms with E-state index in [1.165, 1.54) is 5.56 Å². The molecule has 2 aromatic rings. The van der Waals surface area contributed by atoms with Gasteiger partial charge in [-0.25, -0.2) is 0 Å². The van der Waals surface area contributed by atoms with E-state index in [0.717, 1.165) is 43.4 Å². The molecule has 3 rings (SSSR count). The lowest BCUT2D eigenvalue weighted by Crippen LogP contribution is -2.47. The molecule has 0 bridgehead atoms. The molecule has 1 amide bonds. The van der Waals surface area contributed by atoms with Gasteiger partial charge in [0.2, 0.25) is 5.91 Å². The molecule has 2 N–H and O–H groups in total. The van der Waals surface area contributed by atoms with E-state index >= 15 is 0 Å². The third-order valence-corrected chi connectivity index (χ3v) is 4.74. The summed E-state index contributed by atoms with van der Waals surface area (Å²) in [5, 5.41) is 15.5. The molecular formula is C21H23N3O.